The molecular weight excluding hydrogens is 318 g/mol. The van der Waals surface area contributed by atoms with E-state index in [1.54, 1.807) is 0 Å². The van der Waals surface area contributed by atoms with Crippen molar-refractivity contribution in [2.75, 3.05) is 0 Å². The maximum absolute atomic E-state index is 4.35. The molecule has 1 aliphatic rings. The normalized spacial score (nSPS) is 16.0. The van der Waals surface area contributed by atoms with Gasteiger partial charge in [0.1, 0.15) is 12.2 Å². The van der Waals surface area contributed by atoms with Crippen molar-refractivity contribution in [3.63, 3.8) is 0 Å². The van der Waals surface area contributed by atoms with Gasteiger partial charge in [-0.15, -0.1) is 0 Å². The van der Waals surface area contributed by atoms with Crippen LogP contribution in [0.2, 0.25) is 19.6 Å². The largest absolute Gasteiger partial charge is 0.255 e. The summed E-state index contributed by atoms with van der Waals surface area (Å²) in [7, 11) is -1.43. The van der Waals surface area contributed by atoms with E-state index in [0.29, 0.717) is 0 Å². The minimum atomic E-state index is -1.43. The molecule has 1 aliphatic heterocycles. The number of rotatable bonds is 3. The van der Waals surface area contributed by atoms with Gasteiger partial charge in [-0.25, -0.2) is 0 Å². The van der Waals surface area contributed by atoms with Gasteiger partial charge in [0.05, 0.1) is 14.8 Å². The van der Waals surface area contributed by atoms with Gasteiger partial charge < -0.3 is 0 Å². The first-order chi connectivity index (χ1) is 11.3. The standard InChI is InChI=1S/C23H35NSi/c1-16-11-17(2)22(18(3)12-16)20-13-19(14-23(4,5)6)21(15-24(20)7)25(8,9)10/h11-13,15H,7,14H2,1-6,8-10H3. The maximum atomic E-state index is 4.35. The van der Waals surface area contributed by atoms with E-state index in [-0.39, 0.29) is 5.41 Å². The molecular formula is C23H35NSi. The van der Waals surface area contributed by atoms with Gasteiger partial charge in [0.25, 0.3) is 0 Å². The van der Waals surface area contributed by atoms with Gasteiger partial charge in [-0.2, -0.15) is 0 Å². The van der Waals surface area contributed by atoms with Crippen molar-refractivity contribution in [2.45, 2.75) is 67.6 Å². The van der Waals surface area contributed by atoms with E-state index in [1.165, 1.54) is 39.1 Å². The molecule has 0 saturated heterocycles. The van der Waals surface area contributed by atoms with Crippen molar-refractivity contribution in [2.24, 2.45) is 5.41 Å². The highest BCUT2D eigenvalue weighted by atomic mass is 28.3. The lowest BCUT2D eigenvalue weighted by Crippen LogP contribution is -2.32. The molecule has 0 atom stereocenters. The second-order valence-electron chi connectivity index (χ2n) is 9.83. The maximum Gasteiger partial charge on any atom is 0.147 e. The molecule has 0 amide bonds. The zero-order valence-electron chi connectivity index (χ0n) is 17.7. The Bertz CT molecular complexity index is 728. The van der Waals surface area contributed by atoms with E-state index < -0.39 is 8.07 Å². The van der Waals surface area contributed by atoms with E-state index in [2.05, 4.69) is 96.9 Å². The average molecular weight is 354 g/mol. The lowest BCUT2D eigenvalue weighted by molar-refractivity contribution is -0.418. The zero-order valence-corrected chi connectivity index (χ0v) is 18.7. The van der Waals surface area contributed by atoms with Crippen molar-refractivity contribution in [1.29, 1.82) is 0 Å². The third kappa shape index (κ3) is 4.55. The highest BCUT2D eigenvalue weighted by Crippen LogP contribution is 2.39. The van der Waals surface area contributed by atoms with Gasteiger partial charge in [0, 0.05) is 0 Å². The van der Waals surface area contributed by atoms with Gasteiger partial charge >= 0.3 is 0 Å². The van der Waals surface area contributed by atoms with Gasteiger partial charge in [-0.05, 0) is 35.6 Å². The Morgan fingerprint density at radius 1 is 1.04 bits per heavy atom. The molecule has 136 valence electrons. The van der Waals surface area contributed by atoms with E-state index >= 15 is 0 Å². The Balaban J connectivity index is 2.59. The third-order valence-electron chi connectivity index (χ3n) is 4.71. The summed E-state index contributed by atoms with van der Waals surface area (Å²) in [6.45, 7) is 25.2. The van der Waals surface area contributed by atoms with Gasteiger partial charge in [-0.1, -0.05) is 88.7 Å². The highest BCUT2D eigenvalue weighted by molar-refractivity contribution is 6.84. The molecule has 0 fully saturated rings. The summed E-state index contributed by atoms with van der Waals surface area (Å²) < 4.78 is 2.10. The molecule has 2 heteroatoms. The molecule has 1 aromatic carbocycles. The Kier molecular flexibility index (Phi) is 5.25. The van der Waals surface area contributed by atoms with E-state index in [9.17, 15) is 0 Å². The van der Waals surface area contributed by atoms with Crippen LogP contribution >= 0.6 is 0 Å². The van der Waals surface area contributed by atoms with Crippen molar-refractivity contribution < 1.29 is 4.58 Å². The fraction of sp³-hybridized carbons (Fsp3) is 0.478. The summed E-state index contributed by atoms with van der Waals surface area (Å²) in [5.74, 6) is 0. The van der Waals surface area contributed by atoms with Crippen LogP contribution in [0.1, 0.15) is 49.4 Å². The van der Waals surface area contributed by atoms with E-state index in [0.717, 1.165) is 6.42 Å². The molecule has 0 spiro atoms. The first-order valence-electron chi connectivity index (χ1n) is 9.28. The summed E-state index contributed by atoms with van der Waals surface area (Å²) in [5.41, 5.74) is 7.09. The third-order valence-corrected chi connectivity index (χ3v) is 6.78. The van der Waals surface area contributed by atoms with Crippen molar-refractivity contribution in [3.8, 4) is 0 Å². The molecule has 0 aliphatic carbocycles. The summed E-state index contributed by atoms with van der Waals surface area (Å²) in [4.78, 5) is 0. The quantitative estimate of drug-likeness (QED) is 0.339. The van der Waals surface area contributed by atoms with Crippen LogP contribution in [0.4, 0.5) is 0 Å². The topological polar surface area (TPSA) is 3.01 Å². The SMILES string of the molecule is C=[N+]1C=C([Si](C)(C)C)C(CC(C)(C)C)=C[C-]1c1c(C)cc(C)cc1C. The molecule has 0 aromatic heterocycles. The fourth-order valence-corrected chi connectivity index (χ4v) is 5.49. The molecule has 0 radical (unpaired) electrons. The smallest absolute Gasteiger partial charge is 0.147 e. The number of hydrogen-bond donors (Lipinski definition) is 0. The molecule has 0 N–H and O–H groups in total. The predicted octanol–water partition coefficient (Wildman–Crippen LogP) is 6.34. The minimum absolute atomic E-state index is 0.274. The summed E-state index contributed by atoms with van der Waals surface area (Å²) in [5, 5.41) is 1.53. The van der Waals surface area contributed by atoms with Gasteiger partial charge in [0.15, 0.2) is 0 Å². The molecule has 1 nitrogen and oxygen atoms in total. The Morgan fingerprint density at radius 3 is 2.00 bits per heavy atom. The number of allylic oxidation sites excluding steroid dienone is 2. The summed E-state index contributed by atoms with van der Waals surface area (Å²) in [6.07, 6.45) is 5.82. The number of hydrogen-bond acceptors (Lipinski definition) is 0. The number of aryl methyl sites for hydroxylation is 3. The second-order valence-corrected chi connectivity index (χ2v) is 14.9. The van der Waals surface area contributed by atoms with Crippen molar-refractivity contribution >= 4 is 14.8 Å². The van der Waals surface area contributed by atoms with Crippen molar-refractivity contribution in [1.82, 2.24) is 0 Å². The first kappa shape index (κ1) is 19.8. The Hall–Kier alpha value is -1.54. The molecule has 1 aromatic rings. The molecule has 0 unspecified atom stereocenters. The average Bonchev–Trinajstić information content (AvgIpc) is 2.37. The van der Waals surface area contributed by atoms with Crippen LogP contribution in [0.15, 0.2) is 35.2 Å². The first-order valence-corrected chi connectivity index (χ1v) is 12.8. The number of nitrogens with zero attached hydrogens (tertiary/aromatic N) is 1. The van der Waals surface area contributed by atoms with Crippen LogP contribution < -0.4 is 0 Å². The van der Waals surface area contributed by atoms with E-state index in [4.69, 9.17) is 0 Å². The van der Waals surface area contributed by atoms with Crippen LogP contribution in [0.25, 0.3) is 0 Å². The second kappa shape index (κ2) is 6.64. The lowest BCUT2D eigenvalue weighted by Gasteiger charge is -2.34. The Morgan fingerprint density at radius 2 is 1.56 bits per heavy atom. The van der Waals surface area contributed by atoms with Crippen molar-refractivity contribution in [3.05, 3.63) is 63.5 Å². The van der Waals surface area contributed by atoms with Crippen LogP contribution in [0.3, 0.4) is 0 Å². The fourth-order valence-electron chi connectivity index (χ4n) is 3.83. The summed E-state index contributed by atoms with van der Waals surface area (Å²) >= 11 is 0. The molecule has 0 saturated carbocycles. The highest BCUT2D eigenvalue weighted by Gasteiger charge is 2.31. The zero-order chi connectivity index (χ0) is 19.2. The molecule has 0 bridgehead atoms. The van der Waals surface area contributed by atoms with Gasteiger partial charge in [0.2, 0.25) is 0 Å². The molecule has 1 heterocycles. The van der Waals surface area contributed by atoms with E-state index in [1.807, 2.05) is 0 Å². The number of benzene rings is 1. The van der Waals surface area contributed by atoms with Crippen LogP contribution in [0, 0.1) is 32.2 Å². The Labute approximate surface area is 156 Å². The van der Waals surface area contributed by atoms with Crippen LogP contribution in [0.5, 0.6) is 0 Å². The molecule has 25 heavy (non-hydrogen) atoms. The monoisotopic (exact) mass is 353 g/mol. The van der Waals surface area contributed by atoms with Crippen LogP contribution in [-0.2, 0) is 0 Å². The lowest BCUT2D eigenvalue weighted by atomic mass is 9.84. The van der Waals surface area contributed by atoms with Crippen LogP contribution in [-0.4, -0.2) is 19.4 Å². The summed E-state index contributed by atoms with van der Waals surface area (Å²) in [6, 6.07) is 5.78. The molecule has 2 rings (SSSR count). The minimum Gasteiger partial charge on any atom is -0.255 e. The predicted molar refractivity (Wildman–Crippen MR) is 114 cm³/mol. The van der Waals surface area contributed by atoms with Gasteiger partial charge in [-0.3, -0.25) is 4.58 Å².